The van der Waals surface area contributed by atoms with Crippen molar-refractivity contribution in [2.45, 2.75) is 56.6 Å². The standard InChI is InChI=1S/C29H34O5S/c1-2-35-29-28(33-21-24-16-10-5-11-17-24)27(32-20-23-14-8-4-9-15-23)26(25(18-30)34-29)31-19-22-12-6-3-7-13-22/h3-17,25-30H,2,18-21H2,1H3/t25-,26-,27-,28-,29-/m1/s1. The minimum absolute atomic E-state index is 0.156. The molecule has 0 saturated carbocycles. The minimum atomic E-state index is -0.514. The van der Waals surface area contributed by atoms with Crippen LogP contribution in [0.15, 0.2) is 91.0 Å². The van der Waals surface area contributed by atoms with Crippen molar-refractivity contribution >= 4 is 11.8 Å². The van der Waals surface area contributed by atoms with Gasteiger partial charge < -0.3 is 24.1 Å². The van der Waals surface area contributed by atoms with Crippen LogP contribution in [0.3, 0.4) is 0 Å². The lowest BCUT2D eigenvalue weighted by Crippen LogP contribution is -2.60. The average molecular weight is 495 g/mol. The molecule has 35 heavy (non-hydrogen) atoms. The number of aliphatic hydroxyl groups excluding tert-OH is 1. The van der Waals surface area contributed by atoms with E-state index < -0.39 is 18.3 Å². The van der Waals surface area contributed by atoms with Crippen LogP contribution in [-0.4, -0.2) is 47.3 Å². The second kappa shape index (κ2) is 13.8. The summed E-state index contributed by atoms with van der Waals surface area (Å²) < 4.78 is 25.7. The molecule has 0 radical (unpaired) electrons. The average Bonchev–Trinajstić information content (AvgIpc) is 2.92. The van der Waals surface area contributed by atoms with Gasteiger partial charge in [-0.25, -0.2) is 0 Å². The number of hydrogen-bond donors (Lipinski definition) is 1. The highest BCUT2D eigenvalue weighted by atomic mass is 32.2. The van der Waals surface area contributed by atoms with Crippen LogP contribution in [0.4, 0.5) is 0 Å². The highest BCUT2D eigenvalue weighted by molar-refractivity contribution is 7.99. The van der Waals surface area contributed by atoms with Gasteiger partial charge in [0.25, 0.3) is 0 Å². The Morgan fingerprint density at radius 1 is 0.657 bits per heavy atom. The molecule has 0 aliphatic carbocycles. The summed E-state index contributed by atoms with van der Waals surface area (Å²) in [6, 6.07) is 30.2. The van der Waals surface area contributed by atoms with Crippen molar-refractivity contribution in [2.75, 3.05) is 12.4 Å². The molecule has 5 atom stereocenters. The topological polar surface area (TPSA) is 57.2 Å². The van der Waals surface area contributed by atoms with Gasteiger partial charge in [-0.05, 0) is 22.4 Å². The summed E-state index contributed by atoms with van der Waals surface area (Å²) in [6.07, 6.45) is -1.79. The monoisotopic (exact) mass is 494 g/mol. The van der Waals surface area contributed by atoms with Gasteiger partial charge in [-0.15, -0.1) is 11.8 Å². The molecule has 1 saturated heterocycles. The molecule has 1 aliphatic heterocycles. The first-order chi connectivity index (χ1) is 17.3. The second-order valence-corrected chi connectivity index (χ2v) is 9.84. The van der Waals surface area contributed by atoms with Gasteiger partial charge in [0.15, 0.2) is 0 Å². The first kappa shape index (κ1) is 25.9. The van der Waals surface area contributed by atoms with Crippen molar-refractivity contribution in [2.24, 2.45) is 0 Å². The molecule has 1 heterocycles. The van der Waals surface area contributed by atoms with E-state index in [0.29, 0.717) is 19.8 Å². The highest BCUT2D eigenvalue weighted by Crippen LogP contribution is 2.35. The zero-order valence-corrected chi connectivity index (χ0v) is 20.9. The van der Waals surface area contributed by atoms with Gasteiger partial charge in [-0.3, -0.25) is 0 Å². The number of benzene rings is 3. The van der Waals surface area contributed by atoms with Gasteiger partial charge in [-0.1, -0.05) is 97.9 Å². The minimum Gasteiger partial charge on any atom is -0.394 e. The maximum absolute atomic E-state index is 10.2. The van der Waals surface area contributed by atoms with Crippen LogP contribution in [0.2, 0.25) is 0 Å². The second-order valence-electron chi connectivity index (χ2n) is 8.46. The van der Waals surface area contributed by atoms with Crippen LogP contribution in [0.5, 0.6) is 0 Å². The molecule has 1 fully saturated rings. The Labute approximate surface area is 212 Å². The lowest BCUT2D eigenvalue weighted by Gasteiger charge is -2.45. The third-order valence-electron chi connectivity index (χ3n) is 5.96. The summed E-state index contributed by atoms with van der Waals surface area (Å²) in [5, 5.41) is 10.2. The molecular weight excluding hydrogens is 460 g/mol. The Morgan fingerprint density at radius 3 is 1.51 bits per heavy atom. The molecule has 0 amide bonds. The number of rotatable bonds is 12. The third-order valence-corrected chi connectivity index (χ3v) is 7.00. The fourth-order valence-electron chi connectivity index (χ4n) is 4.19. The summed E-state index contributed by atoms with van der Waals surface area (Å²) in [5.74, 6) is 0.856. The van der Waals surface area contributed by atoms with Crippen molar-refractivity contribution in [1.82, 2.24) is 0 Å². The molecule has 4 rings (SSSR count). The van der Waals surface area contributed by atoms with Crippen LogP contribution < -0.4 is 0 Å². The van der Waals surface area contributed by atoms with Crippen molar-refractivity contribution in [1.29, 1.82) is 0 Å². The predicted octanol–water partition coefficient (Wildman–Crippen LogP) is 5.21. The first-order valence-corrected chi connectivity index (χ1v) is 13.2. The van der Waals surface area contributed by atoms with E-state index in [-0.39, 0.29) is 18.1 Å². The van der Waals surface area contributed by atoms with Crippen LogP contribution in [0.25, 0.3) is 0 Å². The number of hydrogen-bond acceptors (Lipinski definition) is 6. The van der Waals surface area contributed by atoms with Crippen LogP contribution in [0, 0.1) is 0 Å². The van der Waals surface area contributed by atoms with Gasteiger partial charge >= 0.3 is 0 Å². The predicted molar refractivity (Wildman–Crippen MR) is 139 cm³/mol. The van der Waals surface area contributed by atoms with Gasteiger partial charge in [0.2, 0.25) is 0 Å². The zero-order valence-electron chi connectivity index (χ0n) is 20.1. The lowest BCUT2D eigenvalue weighted by atomic mass is 9.99. The number of aliphatic hydroxyl groups is 1. The Morgan fingerprint density at radius 2 is 1.09 bits per heavy atom. The summed E-state index contributed by atoms with van der Waals surface area (Å²) in [6.45, 7) is 3.19. The molecule has 0 unspecified atom stereocenters. The van der Waals surface area contributed by atoms with Crippen LogP contribution in [-0.2, 0) is 38.8 Å². The van der Waals surface area contributed by atoms with E-state index in [9.17, 15) is 5.11 Å². The van der Waals surface area contributed by atoms with Crippen molar-refractivity contribution < 1.29 is 24.1 Å². The van der Waals surface area contributed by atoms with Crippen molar-refractivity contribution in [3.8, 4) is 0 Å². The Bertz CT molecular complexity index is 972. The molecule has 0 bridgehead atoms. The van der Waals surface area contributed by atoms with E-state index in [0.717, 1.165) is 22.4 Å². The fraction of sp³-hybridized carbons (Fsp3) is 0.379. The van der Waals surface area contributed by atoms with Crippen molar-refractivity contribution in [3.63, 3.8) is 0 Å². The molecule has 0 aromatic heterocycles. The molecule has 1 N–H and O–H groups in total. The van der Waals surface area contributed by atoms with Crippen LogP contribution >= 0.6 is 11.8 Å². The van der Waals surface area contributed by atoms with Crippen LogP contribution in [0.1, 0.15) is 23.6 Å². The van der Waals surface area contributed by atoms with Crippen molar-refractivity contribution in [3.05, 3.63) is 108 Å². The smallest absolute Gasteiger partial charge is 0.132 e. The SMILES string of the molecule is CCS[C@H]1O[C@H](CO)[C@@H](OCc2ccccc2)[C@@H](OCc2ccccc2)[C@H]1OCc1ccccc1. The zero-order chi connectivity index (χ0) is 24.3. The molecule has 5 nitrogen and oxygen atoms in total. The van der Waals surface area contributed by atoms with Gasteiger partial charge in [0, 0.05) is 0 Å². The van der Waals surface area contributed by atoms with Gasteiger partial charge in [-0.2, -0.15) is 0 Å². The van der Waals surface area contributed by atoms with E-state index in [1.54, 1.807) is 11.8 Å². The summed E-state index contributed by atoms with van der Waals surface area (Å²) in [4.78, 5) is 0. The number of thioether (sulfide) groups is 1. The number of ether oxygens (including phenoxy) is 4. The van der Waals surface area contributed by atoms with Gasteiger partial charge in [0.1, 0.15) is 29.9 Å². The quantitative estimate of drug-likeness (QED) is 0.373. The van der Waals surface area contributed by atoms with E-state index in [4.69, 9.17) is 18.9 Å². The lowest BCUT2D eigenvalue weighted by molar-refractivity contribution is -0.251. The van der Waals surface area contributed by atoms with Gasteiger partial charge in [0.05, 0.1) is 26.4 Å². The molecular formula is C29H34O5S. The summed E-state index contributed by atoms with van der Waals surface area (Å²) >= 11 is 1.66. The molecule has 6 heteroatoms. The maximum Gasteiger partial charge on any atom is 0.132 e. The Balaban J connectivity index is 1.58. The third kappa shape index (κ3) is 7.40. The highest BCUT2D eigenvalue weighted by Gasteiger charge is 2.48. The molecule has 1 aliphatic rings. The molecule has 3 aromatic rings. The van der Waals surface area contributed by atoms with E-state index in [2.05, 4.69) is 6.92 Å². The largest absolute Gasteiger partial charge is 0.394 e. The fourth-order valence-corrected chi connectivity index (χ4v) is 5.16. The van der Waals surface area contributed by atoms with E-state index >= 15 is 0 Å². The molecule has 186 valence electrons. The molecule has 0 spiro atoms. The Kier molecular flexibility index (Phi) is 10.2. The molecule has 3 aromatic carbocycles. The van der Waals surface area contributed by atoms with E-state index in [1.807, 2.05) is 91.0 Å². The Hall–Kier alpha value is -2.19. The summed E-state index contributed by atoms with van der Waals surface area (Å²) in [7, 11) is 0. The normalized spacial score (nSPS) is 24.3. The first-order valence-electron chi connectivity index (χ1n) is 12.1. The van der Waals surface area contributed by atoms with E-state index in [1.165, 1.54) is 0 Å². The maximum atomic E-state index is 10.2. The summed E-state index contributed by atoms with van der Waals surface area (Å²) in [5.41, 5.74) is 2.93.